The molecule has 26 heavy (non-hydrogen) atoms. The minimum Gasteiger partial charge on any atom is -0.459 e. The van der Waals surface area contributed by atoms with Crippen molar-refractivity contribution in [2.75, 3.05) is 6.54 Å². The smallest absolute Gasteiger partial charge is 0.241 e. The van der Waals surface area contributed by atoms with E-state index in [-0.39, 0.29) is 6.04 Å². The molecule has 4 rings (SSSR count). The lowest BCUT2D eigenvalue weighted by Crippen LogP contribution is -2.26. The first-order valence-corrected chi connectivity index (χ1v) is 8.70. The lowest BCUT2D eigenvalue weighted by molar-refractivity contribution is 0.168. The first-order chi connectivity index (χ1) is 12.7. The van der Waals surface area contributed by atoms with Gasteiger partial charge in [0.05, 0.1) is 12.6 Å². The second-order valence-electron chi connectivity index (χ2n) is 6.18. The number of aromatic nitrogens is 3. The van der Waals surface area contributed by atoms with Crippen molar-refractivity contribution >= 4 is 11.0 Å². The number of para-hydroxylation sites is 1. The third-order valence-corrected chi connectivity index (χ3v) is 4.54. The van der Waals surface area contributed by atoms with E-state index >= 15 is 0 Å². The fourth-order valence-corrected chi connectivity index (χ4v) is 3.02. The Morgan fingerprint density at radius 1 is 1.15 bits per heavy atom. The molecule has 0 radical (unpaired) electrons. The summed E-state index contributed by atoms with van der Waals surface area (Å²) in [5.74, 6) is 2.06. The van der Waals surface area contributed by atoms with Crippen molar-refractivity contribution in [3.63, 3.8) is 0 Å². The Morgan fingerprint density at radius 2 is 2.04 bits per heavy atom. The standard InChI is InChI=1S/C20H20N4O2/c1-3-24(14(2)18-11-15-7-4-5-9-17(15)25-18)13-19-22-20(23-26-19)16-8-6-10-21-12-16/h4-12,14H,3,13H2,1-2H3. The SMILES string of the molecule is CCN(Cc1nc(-c2cccnc2)no1)C(C)c1cc2ccccc2o1. The van der Waals surface area contributed by atoms with E-state index < -0.39 is 0 Å². The molecule has 0 N–H and O–H groups in total. The molecule has 4 aromatic rings. The minimum absolute atomic E-state index is 0.0983. The average Bonchev–Trinajstić information content (AvgIpc) is 3.33. The highest BCUT2D eigenvalue weighted by atomic mass is 16.5. The van der Waals surface area contributed by atoms with Gasteiger partial charge in [0.25, 0.3) is 0 Å². The van der Waals surface area contributed by atoms with Crippen LogP contribution < -0.4 is 0 Å². The van der Waals surface area contributed by atoms with Gasteiger partial charge in [-0.3, -0.25) is 9.88 Å². The normalized spacial score (nSPS) is 12.7. The maximum atomic E-state index is 6.01. The summed E-state index contributed by atoms with van der Waals surface area (Å²) in [6, 6.07) is 14.0. The maximum Gasteiger partial charge on any atom is 0.241 e. The number of nitrogens with zero attached hydrogens (tertiary/aromatic N) is 4. The molecular formula is C20H20N4O2. The maximum absolute atomic E-state index is 6.01. The largest absolute Gasteiger partial charge is 0.459 e. The van der Waals surface area contributed by atoms with Crippen molar-refractivity contribution in [1.29, 1.82) is 0 Å². The number of fused-ring (bicyclic) bond motifs is 1. The van der Waals surface area contributed by atoms with Crippen LogP contribution in [0.5, 0.6) is 0 Å². The highest BCUT2D eigenvalue weighted by Crippen LogP contribution is 2.28. The Morgan fingerprint density at radius 3 is 2.81 bits per heavy atom. The third-order valence-electron chi connectivity index (χ3n) is 4.54. The summed E-state index contributed by atoms with van der Waals surface area (Å²) < 4.78 is 11.4. The van der Waals surface area contributed by atoms with Crippen LogP contribution in [0.3, 0.4) is 0 Å². The van der Waals surface area contributed by atoms with Gasteiger partial charge < -0.3 is 8.94 Å². The summed E-state index contributed by atoms with van der Waals surface area (Å²) in [5.41, 5.74) is 1.75. The van der Waals surface area contributed by atoms with Gasteiger partial charge >= 0.3 is 0 Å². The number of hydrogen-bond acceptors (Lipinski definition) is 6. The predicted molar refractivity (Wildman–Crippen MR) is 98.2 cm³/mol. The minimum atomic E-state index is 0.0983. The Balaban J connectivity index is 1.53. The van der Waals surface area contributed by atoms with Crippen LogP contribution in [-0.4, -0.2) is 26.6 Å². The van der Waals surface area contributed by atoms with Crippen LogP contribution in [0.1, 0.15) is 31.5 Å². The Labute approximate surface area is 151 Å². The number of benzene rings is 1. The molecule has 1 atom stereocenters. The quantitative estimate of drug-likeness (QED) is 0.512. The summed E-state index contributed by atoms with van der Waals surface area (Å²) in [6.07, 6.45) is 3.45. The van der Waals surface area contributed by atoms with Crippen molar-refractivity contribution in [3.05, 3.63) is 66.5 Å². The molecule has 6 heteroatoms. The van der Waals surface area contributed by atoms with E-state index in [1.807, 2.05) is 30.3 Å². The first kappa shape index (κ1) is 16.5. The van der Waals surface area contributed by atoms with Gasteiger partial charge in [0.2, 0.25) is 11.7 Å². The fourth-order valence-electron chi connectivity index (χ4n) is 3.02. The van der Waals surface area contributed by atoms with Crippen LogP contribution in [0.2, 0.25) is 0 Å². The van der Waals surface area contributed by atoms with Crippen LogP contribution in [0.4, 0.5) is 0 Å². The Hall–Kier alpha value is -2.99. The summed E-state index contributed by atoms with van der Waals surface area (Å²) in [6.45, 7) is 5.63. The summed E-state index contributed by atoms with van der Waals surface area (Å²) in [5, 5.41) is 5.18. The lowest BCUT2D eigenvalue weighted by Gasteiger charge is -2.24. The van der Waals surface area contributed by atoms with Crippen LogP contribution in [0.15, 0.2) is 63.8 Å². The molecule has 3 aromatic heterocycles. The van der Waals surface area contributed by atoms with E-state index in [1.54, 1.807) is 12.4 Å². The molecular weight excluding hydrogens is 328 g/mol. The van der Waals surface area contributed by atoms with Gasteiger partial charge in [-0.2, -0.15) is 4.98 Å². The van der Waals surface area contributed by atoms with Gasteiger partial charge in [-0.15, -0.1) is 0 Å². The molecule has 3 heterocycles. The predicted octanol–water partition coefficient (Wildman–Crippen LogP) is 4.46. The molecule has 1 unspecified atom stereocenters. The molecule has 0 aliphatic carbocycles. The van der Waals surface area contributed by atoms with E-state index in [1.165, 1.54) is 0 Å². The molecule has 0 saturated heterocycles. The summed E-state index contributed by atoms with van der Waals surface area (Å²) in [7, 11) is 0. The topological polar surface area (TPSA) is 68.2 Å². The Kier molecular flexibility index (Phi) is 4.50. The van der Waals surface area contributed by atoms with Gasteiger partial charge in [-0.05, 0) is 37.7 Å². The van der Waals surface area contributed by atoms with Gasteiger partial charge in [0.1, 0.15) is 11.3 Å². The van der Waals surface area contributed by atoms with Crippen LogP contribution in [0, 0.1) is 0 Å². The van der Waals surface area contributed by atoms with Gasteiger partial charge in [-0.25, -0.2) is 0 Å². The van der Waals surface area contributed by atoms with E-state index in [0.717, 1.165) is 28.8 Å². The molecule has 1 aromatic carbocycles. The molecule has 0 aliphatic heterocycles. The zero-order chi connectivity index (χ0) is 17.9. The van der Waals surface area contributed by atoms with Crippen molar-refractivity contribution in [1.82, 2.24) is 20.0 Å². The molecule has 0 aliphatic rings. The number of furan rings is 1. The highest BCUT2D eigenvalue weighted by molar-refractivity contribution is 5.77. The Bertz CT molecular complexity index is 960. The zero-order valence-corrected chi connectivity index (χ0v) is 14.8. The number of hydrogen-bond donors (Lipinski definition) is 0. The molecule has 0 bridgehead atoms. The zero-order valence-electron chi connectivity index (χ0n) is 14.8. The monoisotopic (exact) mass is 348 g/mol. The molecule has 132 valence electrons. The molecule has 0 fully saturated rings. The molecule has 0 spiro atoms. The highest BCUT2D eigenvalue weighted by Gasteiger charge is 2.21. The van der Waals surface area contributed by atoms with Crippen molar-refractivity contribution in [2.45, 2.75) is 26.4 Å². The van der Waals surface area contributed by atoms with Gasteiger partial charge in [0.15, 0.2) is 0 Å². The lowest BCUT2D eigenvalue weighted by atomic mass is 10.2. The second kappa shape index (κ2) is 7.09. The second-order valence-corrected chi connectivity index (χ2v) is 6.18. The van der Waals surface area contributed by atoms with E-state index in [4.69, 9.17) is 8.94 Å². The molecule has 0 saturated carbocycles. The summed E-state index contributed by atoms with van der Waals surface area (Å²) >= 11 is 0. The molecule has 0 amide bonds. The van der Waals surface area contributed by atoms with Crippen molar-refractivity contribution < 1.29 is 8.94 Å². The fraction of sp³-hybridized carbons (Fsp3) is 0.250. The van der Waals surface area contributed by atoms with E-state index in [9.17, 15) is 0 Å². The molecule has 6 nitrogen and oxygen atoms in total. The average molecular weight is 348 g/mol. The summed E-state index contributed by atoms with van der Waals surface area (Å²) in [4.78, 5) is 10.8. The number of rotatable bonds is 6. The van der Waals surface area contributed by atoms with Crippen molar-refractivity contribution in [2.24, 2.45) is 0 Å². The number of pyridine rings is 1. The van der Waals surface area contributed by atoms with Crippen LogP contribution >= 0.6 is 0 Å². The van der Waals surface area contributed by atoms with Gasteiger partial charge in [-0.1, -0.05) is 30.3 Å². The van der Waals surface area contributed by atoms with Crippen LogP contribution in [0.25, 0.3) is 22.4 Å². The van der Waals surface area contributed by atoms with E-state index in [2.05, 4.69) is 46.0 Å². The van der Waals surface area contributed by atoms with Crippen molar-refractivity contribution in [3.8, 4) is 11.4 Å². The van der Waals surface area contributed by atoms with E-state index in [0.29, 0.717) is 18.3 Å². The third kappa shape index (κ3) is 3.23. The first-order valence-electron chi connectivity index (χ1n) is 8.70. The van der Waals surface area contributed by atoms with Crippen LogP contribution in [-0.2, 0) is 6.54 Å². The van der Waals surface area contributed by atoms with Gasteiger partial charge in [0, 0.05) is 23.3 Å².